The van der Waals surface area contributed by atoms with E-state index in [1.807, 2.05) is 19.0 Å². The quantitative estimate of drug-likeness (QED) is 0.733. The van der Waals surface area contributed by atoms with E-state index in [0.717, 1.165) is 0 Å². The maximum atomic E-state index is 13.9. The van der Waals surface area contributed by atoms with E-state index in [1.54, 1.807) is 49.6 Å². The molecular weight excluding hydrogens is 293 g/mol. The highest BCUT2D eigenvalue weighted by molar-refractivity contribution is 5.98. The standard InChI is InChI=1S/C19H22FNO2/c1-21(2)13-16(11-14-7-4-5-10-18(14)20)19(22)15-8-6-9-17(12-15)23-3/h4-10,12,16H,11,13H2,1-3H3/t16-/m0/s1. The van der Waals surface area contributed by atoms with Gasteiger partial charge in [-0.3, -0.25) is 4.79 Å². The van der Waals surface area contributed by atoms with Crippen LogP contribution in [0, 0.1) is 11.7 Å². The molecule has 0 aromatic heterocycles. The molecule has 4 heteroatoms. The third kappa shape index (κ3) is 4.63. The van der Waals surface area contributed by atoms with E-state index >= 15 is 0 Å². The molecule has 0 spiro atoms. The maximum absolute atomic E-state index is 13.9. The molecule has 3 nitrogen and oxygen atoms in total. The zero-order chi connectivity index (χ0) is 16.8. The number of benzene rings is 2. The zero-order valence-corrected chi connectivity index (χ0v) is 13.8. The van der Waals surface area contributed by atoms with Crippen LogP contribution in [-0.2, 0) is 6.42 Å². The van der Waals surface area contributed by atoms with Gasteiger partial charge >= 0.3 is 0 Å². The number of Topliss-reactive ketones (excluding diaryl/α,β-unsaturated/α-hetero) is 1. The molecule has 2 aromatic rings. The second kappa shape index (κ2) is 7.88. The summed E-state index contributed by atoms with van der Waals surface area (Å²) in [7, 11) is 5.39. The minimum Gasteiger partial charge on any atom is -0.497 e. The summed E-state index contributed by atoms with van der Waals surface area (Å²) in [5.74, 6) is 0.0647. The first-order valence-electron chi connectivity index (χ1n) is 7.57. The summed E-state index contributed by atoms with van der Waals surface area (Å²) in [5, 5.41) is 0. The summed E-state index contributed by atoms with van der Waals surface area (Å²) >= 11 is 0. The van der Waals surface area contributed by atoms with E-state index in [-0.39, 0.29) is 17.5 Å². The van der Waals surface area contributed by atoms with Crippen molar-refractivity contribution in [2.24, 2.45) is 5.92 Å². The number of carbonyl (C=O) groups is 1. The van der Waals surface area contributed by atoms with Gasteiger partial charge in [-0.15, -0.1) is 0 Å². The van der Waals surface area contributed by atoms with Gasteiger partial charge < -0.3 is 9.64 Å². The van der Waals surface area contributed by atoms with Gasteiger partial charge in [0.05, 0.1) is 7.11 Å². The molecule has 0 amide bonds. The van der Waals surface area contributed by atoms with E-state index in [1.165, 1.54) is 6.07 Å². The molecule has 0 fully saturated rings. The van der Waals surface area contributed by atoms with Gasteiger partial charge in [-0.25, -0.2) is 4.39 Å². The summed E-state index contributed by atoms with van der Waals surface area (Å²) in [4.78, 5) is 14.8. The summed E-state index contributed by atoms with van der Waals surface area (Å²) in [6.45, 7) is 0.560. The topological polar surface area (TPSA) is 29.5 Å². The Balaban J connectivity index is 2.26. The molecular formula is C19H22FNO2. The number of nitrogens with zero attached hydrogens (tertiary/aromatic N) is 1. The first kappa shape index (κ1) is 17.2. The number of hydrogen-bond donors (Lipinski definition) is 0. The molecule has 0 N–H and O–H groups in total. The van der Waals surface area contributed by atoms with Crippen LogP contribution in [0.15, 0.2) is 48.5 Å². The van der Waals surface area contributed by atoms with Crippen LogP contribution in [0.1, 0.15) is 15.9 Å². The number of methoxy groups -OCH3 is 1. The van der Waals surface area contributed by atoms with Gasteiger partial charge in [0, 0.05) is 18.0 Å². The number of rotatable bonds is 7. The molecule has 0 bridgehead atoms. The van der Waals surface area contributed by atoms with Gasteiger partial charge in [-0.2, -0.15) is 0 Å². The van der Waals surface area contributed by atoms with Crippen LogP contribution in [0.25, 0.3) is 0 Å². The third-order valence-electron chi connectivity index (χ3n) is 3.73. The Bertz CT molecular complexity index is 670. The van der Waals surface area contributed by atoms with Crippen molar-refractivity contribution >= 4 is 5.78 Å². The minimum absolute atomic E-state index is 0.000790. The molecule has 0 aliphatic heterocycles. The fraction of sp³-hybridized carbons (Fsp3) is 0.316. The van der Waals surface area contributed by atoms with E-state index in [0.29, 0.717) is 29.8 Å². The fourth-order valence-corrected chi connectivity index (χ4v) is 2.62. The van der Waals surface area contributed by atoms with Crippen LogP contribution >= 0.6 is 0 Å². The van der Waals surface area contributed by atoms with Crippen molar-refractivity contribution in [1.82, 2.24) is 4.90 Å². The van der Waals surface area contributed by atoms with Crippen molar-refractivity contribution in [3.8, 4) is 5.75 Å². The summed E-state index contributed by atoms with van der Waals surface area (Å²) in [5.41, 5.74) is 1.16. The molecule has 0 saturated heterocycles. The Kier molecular flexibility index (Phi) is 5.88. The van der Waals surface area contributed by atoms with Crippen LogP contribution in [0.2, 0.25) is 0 Å². The number of ketones is 1. The Morgan fingerprint density at radius 3 is 2.57 bits per heavy atom. The fourth-order valence-electron chi connectivity index (χ4n) is 2.62. The smallest absolute Gasteiger partial charge is 0.167 e. The first-order valence-corrected chi connectivity index (χ1v) is 7.57. The Hall–Kier alpha value is -2.20. The highest BCUT2D eigenvalue weighted by Crippen LogP contribution is 2.20. The van der Waals surface area contributed by atoms with Crippen LogP contribution in [0.3, 0.4) is 0 Å². The lowest BCUT2D eigenvalue weighted by Gasteiger charge is -2.20. The Morgan fingerprint density at radius 2 is 1.91 bits per heavy atom. The maximum Gasteiger partial charge on any atom is 0.167 e. The number of hydrogen-bond acceptors (Lipinski definition) is 3. The summed E-state index contributed by atoms with van der Waals surface area (Å²) in [6, 6.07) is 13.7. The molecule has 1 atom stereocenters. The van der Waals surface area contributed by atoms with Gasteiger partial charge in [0.15, 0.2) is 5.78 Å². The summed E-state index contributed by atoms with van der Waals surface area (Å²) in [6.07, 6.45) is 0.376. The monoisotopic (exact) mass is 315 g/mol. The lowest BCUT2D eigenvalue weighted by molar-refractivity contribution is 0.0896. The normalized spacial score (nSPS) is 12.2. The number of ether oxygens (including phenoxy) is 1. The van der Waals surface area contributed by atoms with Crippen molar-refractivity contribution in [1.29, 1.82) is 0 Å². The zero-order valence-electron chi connectivity index (χ0n) is 13.8. The van der Waals surface area contributed by atoms with E-state index in [9.17, 15) is 9.18 Å². The minimum atomic E-state index is -0.311. The van der Waals surface area contributed by atoms with E-state index < -0.39 is 0 Å². The Morgan fingerprint density at radius 1 is 1.17 bits per heavy atom. The largest absolute Gasteiger partial charge is 0.497 e. The van der Waals surface area contributed by atoms with Crippen LogP contribution in [-0.4, -0.2) is 38.4 Å². The molecule has 0 saturated carbocycles. The highest BCUT2D eigenvalue weighted by atomic mass is 19.1. The van der Waals surface area contributed by atoms with Gasteiger partial charge in [0.1, 0.15) is 11.6 Å². The van der Waals surface area contributed by atoms with Gasteiger partial charge in [-0.1, -0.05) is 30.3 Å². The predicted octanol–water partition coefficient (Wildman–Crippen LogP) is 3.44. The average molecular weight is 315 g/mol. The van der Waals surface area contributed by atoms with Crippen LogP contribution in [0.5, 0.6) is 5.75 Å². The molecule has 2 rings (SSSR count). The number of carbonyl (C=O) groups excluding carboxylic acids is 1. The average Bonchev–Trinajstić information content (AvgIpc) is 2.55. The summed E-state index contributed by atoms with van der Waals surface area (Å²) < 4.78 is 19.1. The molecule has 0 aliphatic rings. The van der Waals surface area contributed by atoms with Crippen LogP contribution in [0.4, 0.5) is 4.39 Å². The van der Waals surface area contributed by atoms with Crippen molar-refractivity contribution in [2.45, 2.75) is 6.42 Å². The second-order valence-electron chi connectivity index (χ2n) is 5.85. The molecule has 23 heavy (non-hydrogen) atoms. The van der Waals surface area contributed by atoms with Gasteiger partial charge in [0.2, 0.25) is 0 Å². The number of halogens is 1. The van der Waals surface area contributed by atoms with E-state index in [4.69, 9.17) is 4.74 Å². The van der Waals surface area contributed by atoms with Crippen LogP contribution < -0.4 is 4.74 Å². The van der Waals surface area contributed by atoms with Crippen molar-refractivity contribution in [3.05, 3.63) is 65.5 Å². The van der Waals surface area contributed by atoms with Gasteiger partial charge in [0.25, 0.3) is 0 Å². The molecule has 0 aliphatic carbocycles. The van der Waals surface area contributed by atoms with Gasteiger partial charge in [-0.05, 0) is 44.3 Å². The van der Waals surface area contributed by atoms with Crippen molar-refractivity contribution in [3.63, 3.8) is 0 Å². The first-order chi connectivity index (χ1) is 11.0. The second-order valence-corrected chi connectivity index (χ2v) is 5.85. The Labute approximate surface area is 136 Å². The third-order valence-corrected chi connectivity index (χ3v) is 3.73. The van der Waals surface area contributed by atoms with Crippen molar-refractivity contribution < 1.29 is 13.9 Å². The molecule has 0 radical (unpaired) electrons. The highest BCUT2D eigenvalue weighted by Gasteiger charge is 2.23. The molecule has 2 aromatic carbocycles. The predicted molar refractivity (Wildman–Crippen MR) is 89.5 cm³/mol. The van der Waals surface area contributed by atoms with Crippen molar-refractivity contribution in [2.75, 3.05) is 27.7 Å². The SMILES string of the molecule is COc1cccc(C(=O)[C@@H](Cc2ccccc2F)CN(C)C)c1. The molecule has 0 unspecified atom stereocenters. The molecule has 122 valence electrons. The molecule has 0 heterocycles. The lowest BCUT2D eigenvalue weighted by Crippen LogP contribution is -2.30. The van der Waals surface area contributed by atoms with E-state index in [2.05, 4.69) is 0 Å². The lowest BCUT2D eigenvalue weighted by atomic mass is 9.90.